The molecule has 10 heteroatoms. The Labute approximate surface area is 280 Å². The largest absolute Gasteiger partial charge is 0.494 e. The first-order valence-corrected chi connectivity index (χ1v) is 16.7. The van der Waals surface area contributed by atoms with Gasteiger partial charge in [0, 0.05) is 16.2 Å². The van der Waals surface area contributed by atoms with E-state index in [4.69, 9.17) is 28.6 Å². The highest BCUT2D eigenvalue weighted by molar-refractivity contribution is 6.63. The van der Waals surface area contributed by atoms with Crippen molar-refractivity contribution in [3.8, 4) is 5.95 Å². The Bertz CT molecular complexity index is 2340. The van der Waals surface area contributed by atoms with E-state index >= 15 is 0 Å². The van der Waals surface area contributed by atoms with Gasteiger partial charge in [-0.1, -0.05) is 48.5 Å². The molecule has 0 amide bonds. The summed E-state index contributed by atoms with van der Waals surface area (Å²) in [6.07, 6.45) is 0. The molecule has 0 spiro atoms. The second-order valence-electron chi connectivity index (χ2n) is 15.3. The van der Waals surface area contributed by atoms with Gasteiger partial charge < -0.3 is 18.6 Å². The Kier molecular flexibility index (Phi) is 6.04. The molecule has 2 saturated heterocycles. The number of fused-ring (bicyclic) bond motifs is 8. The predicted molar refractivity (Wildman–Crippen MR) is 194 cm³/mol. The number of benzene rings is 4. The highest BCUT2D eigenvalue weighted by Gasteiger charge is 2.53. The molecule has 0 bridgehead atoms. The van der Waals surface area contributed by atoms with E-state index in [1.807, 2.05) is 24.3 Å². The van der Waals surface area contributed by atoms with Crippen LogP contribution >= 0.6 is 0 Å². The summed E-state index contributed by atoms with van der Waals surface area (Å²) in [7, 11) is -1.02. The molecule has 3 aromatic heterocycles. The normalized spacial score (nSPS) is 19.9. The van der Waals surface area contributed by atoms with Gasteiger partial charge in [0.2, 0.25) is 5.95 Å². The molecule has 2 fully saturated rings. The van der Waals surface area contributed by atoms with E-state index in [2.05, 4.69) is 125 Å². The minimum atomic E-state index is -0.509. The quantitative estimate of drug-likeness (QED) is 0.201. The van der Waals surface area contributed by atoms with Crippen LogP contribution in [-0.2, 0) is 18.6 Å². The summed E-state index contributed by atoms with van der Waals surface area (Å²) in [5.41, 5.74) is 5.66. The summed E-state index contributed by atoms with van der Waals surface area (Å²) in [5.74, 6) is 0.745. The minimum absolute atomic E-state index is 0.459. The van der Waals surface area contributed by atoms with E-state index in [9.17, 15) is 0 Å². The average molecular weight is 636 g/mol. The third-order valence-electron chi connectivity index (χ3n) is 11.2. The topological polar surface area (TPSA) is 72.0 Å². The Balaban J connectivity index is 1.36. The molecule has 4 aromatic carbocycles. The molecule has 5 heterocycles. The molecule has 48 heavy (non-hydrogen) atoms. The van der Waals surface area contributed by atoms with Crippen molar-refractivity contribution >= 4 is 74.6 Å². The maximum atomic E-state index is 6.52. The third kappa shape index (κ3) is 4.13. The molecule has 9 rings (SSSR count). The van der Waals surface area contributed by atoms with Crippen molar-refractivity contribution in [1.29, 1.82) is 0 Å². The SMILES string of the molecule is CC1(C)OB(c2ccc3c4ccc(B5OC(C)(C)C(C)(C)O5)cc4n(-c4nc5ccccc5c5nc6ccccc6n45)c3c2)OC1(C)C. The van der Waals surface area contributed by atoms with Gasteiger partial charge in [0.15, 0.2) is 0 Å². The molecular weight excluding hydrogens is 598 g/mol. The third-order valence-corrected chi connectivity index (χ3v) is 11.2. The lowest BCUT2D eigenvalue weighted by Crippen LogP contribution is -2.41. The van der Waals surface area contributed by atoms with Gasteiger partial charge in [-0.25, -0.2) is 9.97 Å². The number of imidazole rings is 1. The van der Waals surface area contributed by atoms with E-state index in [0.717, 1.165) is 66.3 Å². The van der Waals surface area contributed by atoms with Crippen LogP contribution in [-0.4, -0.2) is 55.6 Å². The van der Waals surface area contributed by atoms with E-state index in [1.54, 1.807) is 0 Å². The van der Waals surface area contributed by atoms with Crippen LogP contribution < -0.4 is 10.9 Å². The molecule has 8 nitrogen and oxygen atoms in total. The molecular formula is C38H38B2N4O4. The van der Waals surface area contributed by atoms with Crippen molar-refractivity contribution in [3.05, 3.63) is 84.9 Å². The van der Waals surface area contributed by atoms with Crippen LogP contribution in [0.25, 0.3) is 55.3 Å². The standard InChI is InChI=1S/C38H38B2N4O4/c1-35(2)36(3,4)46-39(45-35)23-17-19-25-26-20-18-24(40-47-37(5,6)38(7,8)48-40)22-32(26)43(31(25)21-23)34-42-28-14-10-9-13-27(28)33-41-29-15-11-12-16-30(29)44(33)34/h9-22H,1-8H3. The van der Waals surface area contributed by atoms with Gasteiger partial charge in [-0.05, 0) is 103 Å². The highest BCUT2D eigenvalue weighted by atomic mass is 16.7. The second-order valence-corrected chi connectivity index (χ2v) is 15.3. The Hall–Kier alpha value is -4.21. The average Bonchev–Trinajstić information content (AvgIpc) is 3.71. The summed E-state index contributed by atoms with van der Waals surface area (Å²) in [4.78, 5) is 10.5. The first-order valence-electron chi connectivity index (χ1n) is 16.7. The van der Waals surface area contributed by atoms with Crippen LogP contribution in [0.15, 0.2) is 84.9 Å². The number of nitrogens with zero attached hydrogens (tertiary/aromatic N) is 4. The van der Waals surface area contributed by atoms with E-state index in [1.165, 1.54) is 0 Å². The number of hydrogen-bond acceptors (Lipinski definition) is 6. The predicted octanol–water partition coefficient (Wildman–Crippen LogP) is 6.73. The van der Waals surface area contributed by atoms with Crippen molar-refractivity contribution < 1.29 is 18.6 Å². The van der Waals surface area contributed by atoms with Gasteiger partial charge in [-0.15, -0.1) is 0 Å². The van der Waals surface area contributed by atoms with Gasteiger partial charge in [-0.2, -0.15) is 0 Å². The summed E-state index contributed by atoms with van der Waals surface area (Å²) in [6, 6.07) is 29.4. The zero-order valence-corrected chi connectivity index (χ0v) is 28.7. The van der Waals surface area contributed by atoms with Gasteiger partial charge in [0.25, 0.3) is 0 Å². The second kappa shape index (κ2) is 9.70. The van der Waals surface area contributed by atoms with Gasteiger partial charge in [0.1, 0.15) is 5.65 Å². The summed E-state index contributed by atoms with van der Waals surface area (Å²) >= 11 is 0. The highest BCUT2D eigenvalue weighted by Crippen LogP contribution is 2.39. The smallest absolute Gasteiger partial charge is 0.399 e. The molecule has 0 aliphatic carbocycles. The van der Waals surface area contributed by atoms with Crippen molar-refractivity contribution in [2.45, 2.75) is 77.8 Å². The molecule has 0 N–H and O–H groups in total. The van der Waals surface area contributed by atoms with Crippen LogP contribution in [0.5, 0.6) is 0 Å². The number of hydrogen-bond donors (Lipinski definition) is 0. The van der Waals surface area contributed by atoms with Crippen LogP contribution in [0.1, 0.15) is 55.4 Å². The Morgan fingerprint density at radius 1 is 0.500 bits per heavy atom. The molecule has 7 aromatic rings. The summed E-state index contributed by atoms with van der Waals surface area (Å²) in [5, 5.41) is 3.19. The molecule has 2 aliphatic heterocycles. The lowest BCUT2D eigenvalue weighted by atomic mass is 9.78. The van der Waals surface area contributed by atoms with Gasteiger partial charge in [-0.3, -0.25) is 8.97 Å². The first kappa shape index (κ1) is 29.9. The van der Waals surface area contributed by atoms with E-state index < -0.39 is 36.6 Å². The van der Waals surface area contributed by atoms with Gasteiger partial charge >= 0.3 is 14.2 Å². The lowest BCUT2D eigenvalue weighted by Gasteiger charge is -2.32. The maximum Gasteiger partial charge on any atom is 0.494 e. The van der Waals surface area contributed by atoms with Crippen LogP contribution in [0.2, 0.25) is 0 Å². The maximum absolute atomic E-state index is 6.52. The molecule has 0 atom stereocenters. The first-order chi connectivity index (χ1) is 22.7. The zero-order chi connectivity index (χ0) is 33.4. The van der Waals surface area contributed by atoms with Crippen LogP contribution in [0, 0.1) is 0 Å². The summed E-state index contributed by atoms with van der Waals surface area (Å²) in [6.45, 7) is 16.7. The lowest BCUT2D eigenvalue weighted by molar-refractivity contribution is 0.00578. The van der Waals surface area contributed by atoms with Crippen LogP contribution in [0.3, 0.4) is 0 Å². The Morgan fingerprint density at radius 3 is 1.52 bits per heavy atom. The number of aromatic nitrogens is 4. The van der Waals surface area contributed by atoms with Crippen molar-refractivity contribution in [3.63, 3.8) is 0 Å². The van der Waals surface area contributed by atoms with E-state index in [-0.39, 0.29) is 0 Å². The molecule has 0 saturated carbocycles. The molecule has 0 radical (unpaired) electrons. The zero-order valence-electron chi connectivity index (χ0n) is 28.7. The fourth-order valence-corrected chi connectivity index (χ4v) is 7.00. The van der Waals surface area contributed by atoms with Crippen LogP contribution in [0.4, 0.5) is 0 Å². The van der Waals surface area contributed by atoms with Crippen molar-refractivity contribution in [2.75, 3.05) is 0 Å². The van der Waals surface area contributed by atoms with Crippen molar-refractivity contribution in [1.82, 2.24) is 18.9 Å². The van der Waals surface area contributed by atoms with Gasteiger partial charge in [0.05, 0.1) is 50.0 Å². The number of rotatable bonds is 3. The number of para-hydroxylation sites is 3. The Morgan fingerprint density at radius 2 is 0.979 bits per heavy atom. The van der Waals surface area contributed by atoms with Crippen molar-refractivity contribution in [2.24, 2.45) is 0 Å². The fraction of sp³-hybridized carbons (Fsp3) is 0.316. The van der Waals surface area contributed by atoms with E-state index in [0.29, 0.717) is 0 Å². The monoisotopic (exact) mass is 636 g/mol. The molecule has 2 aliphatic rings. The fourth-order valence-electron chi connectivity index (χ4n) is 7.00. The summed E-state index contributed by atoms with van der Waals surface area (Å²) < 4.78 is 30.5. The molecule has 0 unspecified atom stereocenters. The molecule has 240 valence electrons. The minimum Gasteiger partial charge on any atom is -0.399 e.